The maximum atomic E-state index is 11.5. The van der Waals surface area contributed by atoms with Crippen LogP contribution in [-0.4, -0.2) is 29.1 Å². The molecule has 2 rings (SSSR count). The molecule has 2 atom stereocenters. The highest BCUT2D eigenvalue weighted by atomic mass is 32.2. The highest BCUT2D eigenvalue weighted by Crippen LogP contribution is 2.36. The Balaban J connectivity index is 2.16. The minimum Gasteiger partial charge on any atom is -0.299 e. The molecule has 98 valence electrons. The Labute approximate surface area is 114 Å². The molecule has 0 spiro atoms. The van der Waals surface area contributed by atoms with Crippen LogP contribution in [0.4, 0.5) is 0 Å². The van der Waals surface area contributed by atoms with Crippen LogP contribution in [0.2, 0.25) is 0 Å². The van der Waals surface area contributed by atoms with Crippen LogP contribution in [-0.2, 0) is 4.79 Å². The number of carbonyl (C=O) groups excluding carboxylic acids is 1. The second-order valence-electron chi connectivity index (χ2n) is 4.92. The predicted molar refractivity (Wildman–Crippen MR) is 77.7 cm³/mol. The van der Waals surface area contributed by atoms with Gasteiger partial charge in [-0.2, -0.15) is 0 Å². The standard InChI is InChI=1S/C15H21NOS/c1-12(16-10-6-7-11-16)15(18-13(2)17)14-8-4-3-5-9-14/h3-5,8-9,12,15H,6-7,10-11H2,1-2H3/t12?,15-/m1/s1. The second-order valence-corrected chi connectivity index (χ2v) is 6.24. The second kappa shape index (κ2) is 6.39. The average molecular weight is 263 g/mol. The van der Waals surface area contributed by atoms with Crippen LogP contribution >= 0.6 is 11.8 Å². The number of likely N-dealkylation sites (tertiary alicyclic amines) is 1. The van der Waals surface area contributed by atoms with Crippen LogP contribution < -0.4 is 0 Å². The first-order valence-electron chi connectivity index (χ1n) is 6.64. The van der Waals surface area contributed by atoms with Gasteiger partial charge in [-0.15, -0.1) is 0 Å². The van der Waals surface area contributed by atoms with E-state index in [1.165, 1.54) is 43.3 Å². The lowest BCUT2D eigenvalue weighted by molar-refractivity contribution is -0.109. The van der Waals surface area contributed by atoms with Gasteiger partial charge in [-0.3, -0.25) is 9.69 Å². The molecule has 1 aromatic rings. The molecule has 1 aromatic carbocycles. The Morgan fingerprint density at radius 2 is 1.83 bits per heavy atom. The quantitative estimate of drug-likeness (QED) is 0.829. The van der Waals surface area contributed by atoms with Gasteiger partial charge in [0.05, 0.1) is 5.25 Å². The molecule has 0 aliphatic carbocycles. The summed E-state index contributed by atoms with van der Waals surface area (Å²) < 4.78 is 0. The van der Waals surface area contributed by atoms with Gasteiger partial charge in [0.2, 0.25) is 0 Å². The molecule has 0 amide bonds. The van der Waals surface area contributed by atoms with E-state index in [9.17, 15) is 4.79 Å². The molecule has 1 fully saturated rings. The molecule has 1 unspecified atom stereocenters. The molecule has 1 aliphatic heterocycles. The third kappa shape index (κ3) is 3.36. The number of carbonyl (C=O) groups is 1. The van der Waals surface area contributed by atoms with Crippen LogP contribution in [0.5, 0.6) is 0 Å². The maximum Gasteiger partial charge on any atom is 0.186 e. The normalized spacial score (nSPS) is 19.7. The minimum absolute atomic E-state index is 0.204. The van der Waals surface area contributed by atoms with Gasteiger partial charge in [0.25, 0.3) is 0 Å². The molecule has 0 aromatic heterocycles. The SMILES string of the molecule is CC(=O)S[C@@H](c1ccccc1)C(C)N1CCCC1. The lowest BCUT2D eigenvalue weighted by atomic mass is 10.1. The molecule has 1 aliphatic rings. The van der Waals surface area contributed by atoms with Crippen molar-refractivity contribution in [1.82, 2.24) is 4.90 Å². The average Bonchev–Trinajstić information content (AvgIpc) is 2.90. The summed E-state index contributed by atoms with van der Waals surface area (Å²) in [5.41, 5.74) is 1.26. The Hall–Kier alpha value is -0.800. The van der Waals surface area contributed by atoms with Gasteiger partial charge in [-0.1, -0.05) is 42.1 Å². The molecule has 1 heterocycles. The van der Waals surface area contributed by atoms with Crippen molar-refractivity contribution in [3.63, 3.8) is 0 Å². The summed E-state index contributed by atoms with van der Waals surface area (Å²) >= 11 is 1.47. The van der Waals surface area contributed by atoms with Crippen molar-refractivity contribution in [2.45, 2.75) is 38.0 Å². The van der Waals surface area contributed by atoms with E-state index in [1.54, 1.807) is 6.92 Å². The van der Waals surface area contributed by atoms with Gasteiger partial charge in [-0.05, 0) is 38.4 Å². The summed E-state index contributed by atoms with van der Waals surface area (Å²) in [6.07, 6.45) is 2.58. The summed E-state index contributed by atoms with van der Waals surface area (Å²) in [7, 11) is 0. The van der Waals surface area contributed by atoms with Gasteiger partial charge in [0.15, 0.2) is 5.12 Å². The topological polar surface area (TPSA) is 20.3 Å². The molecule has 0 N–H and O–H groups in total. The van der Waals surface area contributed by atoms with Crippen molar-refractivity contribution in [3.8, 4) is 0 Å². The maximum absolute atomic E-state index is 11.5. The van der Waals surface area contributed by atoms with Crippen LogP contribution in [0.15, 0.2) is 30.3 Å². The van der Waals surface area contributed by atoms with Crippen molar-refractivity contribution < 1.29 is 4.79 Å². The smallest absolute Gasteiger partial charge is 0.186 e. The molecular weight excluding hydrogens is 242 g/mol. The highest BCUT2D eigenvalue weighted by Gasteiger charge is 2.28. The summed E-state index contributed by atoms with van der Waals surface area (Å²) in [5.74, 6) is 0. The highest BCUT2D eigenvalue weighted by molar-refractivity contribution is 8.13. The fourth-order valence-corrected chi connectivity index (χ4v) is 3.63. The van der Waals surface area contributed by atoms with Gasteiger partial charge in [0, 0.05) is 13.0 Å². The van der Waals surface area contributed by atoms with Gasteiger partial charge < -0.3 is 0 Å². The number of hydrogen-bond donors (Lipinski definition) is 0. The Kier molecular flexibility index (Phi) is 4.84. The zero-order valence-electron chi connectivity index (χ0n) is 11.1. The molecule has 2 nitrogen and oxygen atoms in total. The van der Waals surface area contributed by atoms with Gasteiger partial charge in [-0.25, -0.2) is 0 Å². The first-order chi connectivity index (χ1) is 8.68. The van der Waals surface area contributed by atoms with Crippen LogP contribution in [0, 0.1) is 0 Å². The summed E-state index contributed by atoms with van der Waals surface area (Å²) in [5, 5.41) is 0.455. The Morgan fingerprint density at radius 3 is 2.39 bits per heavy atom. The largest absolute Gasteiger partial charge is 0.299 e. The fraction of sp³-hybridized carbons (Fsp3) is 0.533. The van der Waals surface area contributed by atoms with Crippen LogP contribution in [0.1, 0.15) is 37.5 Å². The summed E-state index contributed by atoms with van der Waals surface area (Å²) in [6, 6.07) is 10.8. The summed E-state index contributed by atoms with van der Waals surface area (Å²) in [6.45, 7) is 6.25. The number of thioether (sulfide) groups is 1. The lowest BCUT2D eigenvalue weighted by Crippen LogP contribution is -2.34. The first-order valence-corrected chi connectivity index (χ1v) is 7.52. The predicted octanol–water partition coefficient (Wildman–Crippen LogP) is 3.49. The van der Waals surface area contributed by atoms with E-state index in [0.717, 1.165) is 0 Å². The Bertz CT molecular complexity index is 387. The van der Waals surface area contributed by atoms with E-state index in [0.29, 0.717) is 6.04 Å². The zero-order chi connectivity index (χ0) is 13.0. The number of rotatable bonds is 4. The summed E-state index contributed by atoms with van der Waals surface area (Å²) in [4.78, 5) is 14.0. The third-order valence-electron chi connectivity index (χ3n) is 3.58. The third-order valence-corrected chi connectivity index (χ3v) is 4.83. The van der Waals surface area contributed by atoms with E-state index in [4.69, 9.17) is 0 Å². The molecule has 18 heavy (non-hydrogen) atoms. The number of nitrogens with zero attached hydrogens (tertiary/aromatic N) is 1. The van der Waals surface area contributed by atoms with Crippen molar-refractivity contribution in [2.24, 2.45) is 0 Å². The number of hydrogen-bond acceptors (Lipinski definition) is 3. The van der Waals surface area contributed by atoms with Crippen LogP contribution in [0.3, 0.4) is 0 Å². The molecule has 0 bridgehead atoms. The van der Waals surface area contributed by atoms with E-state index in [1.807, 2.05) is 6.07 Å². The van der Waals surface area contributed by atoms with Gasteiger partial charge >= 0.3 is 0 Å². The first kappa shape index (κ1) is 13.6. The molecule has 0 radical (unpaired) electrons. The minimum atomic E-state index is 0.204. The zero-order valence-corrected chi connectivity index (χ0v) is 12.0. The van der Waals surface area contributed by atoms with E-state index in [2.05, 4.69) is 36.1 Å². The van der Waals surface area contributed by atoms with E-state index in [-0.39, 0.29) is 10.4 Å². The monoisotopic (exact) mass is 263 g/mol. The fourth-order valence-electron chi connectivity index (χ4n) is 2.61. The van der Waals surface area contributed by atoms with Gasteiger partial charge in [0.1, 0.15) is 0 Å². The van der Waals surface area contributed by atoms with Crippen molar-refractivity contribution in [1.29, 1.82) is 0 Å². The molecule has 0 saturated carbocycles. The molecule has 3 heteroatoms. The van der Waals surface area contributed by atoms with Crippen molar-refractivity contribution >= 4 is 16.9 Å². The van der Waals surface area contributed by atoms with E-state index < -0.39 is 0 Å². The van der Waals surface area contributed by atoms with E-state index >= 15 is 0 Å². The van der Waals surface area contributed by atoms with Crippen molar-refractivity contribution in [2.75, 3.05) is 13.1 Å². The number of benzene rings is 1. The van der Waals surface area contributed by atoms with Crippen molar-refractivity contribution in [3.05, 3.63) is 35.9 Å². The lowest BCUT2D eigenvalue weighted by Gasteiger charge is -2.31. The Morgan fingerprint density at radius 1 is 1.22 bits per heavy atom. The van der Waals surface area contributed by atoms with Crippen LogP contribution in [0.25, 0.3) is 0 Å². The molecular formula is C15H21NOS. The molecule has 1 saturated heterocycles.